The lowest BCUT2D eigenvalue weighted by atomic mass is 10.3. The molecule has 0 bridgehead atoms. The van der Waals surface area contributed by atoms with Crippen LogP contribution in [0.5, 0.6) is 0 Å². The number of rotatable bonds is 5. The van der Waals surface area contributed by atoms with Crippen molar-refractivity contribution in [1.29, 1.82) is 0 Å². The number of carbonyl (C=O) groups excluding carboxylic acids is 1. The van der Waals surface area contributed by atoms with Crippen molar-refractivity contribution in [2.24, 2.45) is 0 Å². The Kier molecular flexibility index (Phi) is 4.73. The van der Waals surface area contributed by atoms with E-state index >= 15 is 0 Å². The Morgan fingerprint density at radius 3 is 2.67 bits per heavy atom. The van der Waals surface area contributed by atoms with Crippen LogP contribution in [-0.2, 0) is 4.79 Å². The van der Waals surface area contributed by atoms with Crippen molar-refractivity contribution in [2.75, 3.05) is 17.2 Å². The minimum absolute atomic E-state index is 0.00637. The van der Waals surface area contributed by atoms with E-state index in [1.165, 1.54) is 18.2 Å². The van der Waals surface area contributed by atoms with Crippen LogP contribution in [0.15, 0.2) is 48.5 Å². The smallest absolute Gasteiger partial charge is 0.271 e. The molecule has 0 fully saturated rings. The first-order chi connectivity index (χ1) is 10.1. The van der Waals surface area contributed by atoms with Gasteiger partial charge in [0.15, 0.2) is 0 Å². The molecule has 0 saturated heterocycles. The van der Waals surface area contributed by atoms with Gasteiger partial charge in [-0.1, -0.05) is 29.8 Å². The summed E-state index contributed by atoms with van der Waals surface area (Å²) in [5.74, 6) is -0.324. The number of hydrogen-bond donors (Lipinski definition) is 2. The lowest BCUT2D eigenvalue weighted by Crippen LogP contribution is -2.21. The summed E-state index contributed by atoms with van der Waals surface area (Å²) in [5, 5.41) is 16.6. The first-order valence-electron chi connectivity index (χ1n) is 6.09. The lowest BCUT2D eigenvalue weighted by molar-refractivity contribution is -0.384. The molecule has 0 aliphatic heterocycles. The van der Waals surface area contributed by atoms with Gasteiger partial charge in [-0.3, -0.25) is 14.9 Å². The van der Waals surface area contributed by atoms with Crippen LogP contribution in [0, 0.1) is 10.1 Å². The molecule has 0 aliphatic carbocycles. The molecule has 2 aromatic carbocycles. The number of hydrogen-bond acceptors (Lipinski definition) is 4. The summed E-state index contributed by atoms with van der Waals surface area (Å²) in [7, 11) is 0. The highest BCUT2D eigenvalue weighted by molar-refractivity contribution is 6.33. The van der Waals surface area contributed by atoms with Crippen LogP contribution in [0.25, 0.3) is 0 Å². The van der Waals surface area contributed by atoms with E-state index in [1.54, 1.807) is 30.3 Å². The fourth-order valence-electron chi connectivity index (χ4n) is 1.68. The monoisotopic (exact) mass is 305 g/mol. The van der Waals surface area contributed by atoms with E-state index in [-0.39, 0.29) is 18.1 Å². The molecule has 0 spiro atoms. The van der Waals surface area contributed by atoms with Gasteiger partial charge >= 0.3 is 0 Å². The Morgan fingerprint density at radius 2 is 1.95 bits per heavy atom. The van der Waals surface area contributed by atoms with Gasteiger partial charge < -0.3 is 10.6 Å². The number of nitro benzene ring substituents is 1. The van der Waals surface area contributed by atoms with Crippen LogP contribution >= 0.6 is 11.6 Å². The Balaban J connectivity index is 1.95. The van der Waals surface area contributed by atoms with E-state index in [2.05, 4.69) is 10.6 Å². The second-order valence-electron chi connectivity index (χ2n) is 4.19. The summed E-state index contributed by atoms with van der Waals surface area (Å²) in [6.07, 6.45) is 0. The highest BCUT2D eigenvalue weighted by atomic mass is 35.5. The second kappa shape index (κ2) is 6.71. The molecule has 108 valence electrons. The molecule has 21 heavy (non-hydrogen) atoms. The van der Waals surface area contributed by atoms with E-state index in [0.717, 1.165) is 0 Å². The number of nitrogens with zero attached hydrogens (tertiary/aromatic N) is 1. The number of benzene rings is 2. The fraction of sp³-hybridized carbons (Fsp3) is 0.0714. The molecule has 0 unspecified atom stereocenters. The molecule has 0 aliphatic rings. The van der Waals surface area contributed by atoms with E-state index < -0.39 is 4.92 Å². The van der Waals surface area contributed by atoms with E-state index in [4.69, 9.17) is 11.6 Å². The van der Waals surface area contributed by atoms with Gasteiger partial charge in [0, 0.05) is 17.8 Å². The molecule has 1 amide bonds. The highest BCUT2D eigenvalue weighted by Gasteiger charge is 2.08. The number of halogens is 1. The summed E-state index contributed by atoms with van der Waals surface area (Å²) in [5.41, 5.74) is 0.940. The molecule has 6 nitrogen and oxygen atoms in total. The van der Waals surface area contributed by atoms with Gasteiger partial charge in [0.25, 0.3) is 5.69 Å². The third-order valence-corrected chi connectivity index (χ3v) is 2.98. The van der Waals surface area contributed by atoms with Gasteiger partial charge in [-0.15, -0.1) is 0 Å². The maximum Gasteiger partial charge on any atom is 0.271 e. The quantitative estimate of drug-likeness (QED) is 0.655. The molecular formula is C14H12ClN3O3. The Labute approximate surface area is 125 Å². The first-order valence-corrected chi connectivity index (χ1v) is 6.47. The second-order valence-corrected chi connectivity index (χ2v) is 4.60. The molecule has 0 radical (unpaired) electrons. The SMILES string of the molecule is O=C(CNc1ccccc1Cl)Nc1cccc([N+](=O)[O-])c1. The highest BCUT2D eigenvalue weighted by Crippen LogP contribution is 2.20. The summed E-state index contributed by atoms with van der Waals surface area (Å²) in [6.45, 7) is 0.00637. The van der Waals surface area contributed by atoms with Crippen molar-refractivity contribution < 1.29 is 9.72 Å². The largest absolute Gasteiger partial charge is 0.375 e. The summed E-state index contributed by atoms with van der Waals surface area (Å²) < 4.78 is 0. The lowest BCUT2D eigenvalue weighted by Gasteiger charge is -2.08. The Morgan fingerprint density at radius 1 is 1.19 bits per heavy atom. The van der Waals surface area contributed by atoms with E-state index in [1.807, 2.05) is 0 Å². The normalized spacial score (nSPS) is 9.95. The molecule has 2 rings (SSSR count). The van der Waals surface area contributed by atoms with Crippen molar-refractivity contribution >= 4 is 34.6 Å². The topological polar surface area (TPSA) is 84.3 Å². The molecule has 0 saturated carbocycles. The van der Waals surface area contributed by atoms with Crippen molar-refractivity contribution in [1.82, 2.24) is 0 Å². The van der Waals surface area contributed by atoms with Crippen molar-refractivity contribution in [3.63, 3.8) is 0 Å². The number of amides is 1. The van der Waals surface area contributed by atoms with Crippen LogP contribution in [0.2, 0.25) is 5.02 Å². The first kappa shape index (κ1) is 14.8. The van der Waals surface area contributed by atoms with Gasteiger partial charge in [-0.2, -0.15) is 0 Å². The predicted octanol–water partition coefficient (Wildman–Crippen LogP) is 3.30. The third kappa shape index (κ3) is 4.19. The Hall–Kier alpha value is -2.60. The number of para-hydroxylation sites is 1. The number of carbonyl (C=O) groups is 1. The van der Waals surface area contributed by atoms with Gasteiger partial charge in [-0.05, 0) is 18.2 Å². The summed E-state index contributed by atoms with van der Waals surface area (Å²) >= 11 is 5.95. The predicted molar refractivity (Wildman–Crippen MR) is 81.7 cm³/mol. The zero-order valence-corrected chi connectivity index (χ0v) is 11.6. The van der Waals surface area contributed by atoms with E-state index in [9.17, 15) is 14.9 Å². The zero-order valence-electron chi connectivity index (χ0n) is 10.9. The molecule has 0 atom stereocenters. The van der Waals surface area contributed by atoms with Crippen molar-refractivity contribution in [2.45, 2.75) is 0 Å². The average molecular weight is 306 g/mol. The third-order valence-electron chi connectivity index (χ3n) is 2.65. The summed E-state index contributed by atoms with van der Waals surface area (Å²) in [6, 6.07) is 12.8. The minimum Gasteiger partial charge on any atom is -0.375 e. The number of nitro groups is 1. The zero-order chi connectivity index (χ0) is 15.2. The van der Waals surface area contributed by atoms with Crippen LogP contribution in [-0.4, -0.2) is 17.4 Å². The van der Waals surface area contributed by atoms with Gasteiger partial charge in [0.2, 0.25) is 5.91 Å². The van der Waals surface area contributed by atoms with Crippen LogP contribution in [0.1, 0.15) is 0 Å². The van der Waals surface area contributed by atoms with E-state index in [0.29, 0.717) is 16.4 Å². The molecule has 0 heterocycles. The number of nitrogens with one attached hydrogen (secondary N) is 2. The average Bonchev–Trinajstić information content (AvgIpc) is 2.46. The minimum atomic E-state index is -0.516. The molecule has 0 aromatic heterocycles. The fourth-order valence-corrected chi connectivity index (χ4v) is 1.89. The van der Waals surface area contributed by atoms with Crippen molar-refractivity contribution in [3.05, 3.63) is 63.7 Å². The maximum absolute atomic E-state index is 11.8. The molecule has 7 heteroatoms. The number of anilines is 2. The van der Waals surface area contributed by atoms with Crippen molar-refractivity contribution in [3.8, 4) is 0 Å². The van der Waals surface area contributed by atoms with Crippen LogP contribution in [0.4, 0.5) is 17.1 Å². The van der Waals surface area contributed by atoms with Gasteiger partial charge in [-0.25, -0.2) is 0 Å². The van der Waals surface area contributed by atoms with Gasteiger partial charge in [0.1, 0.15) is 0 Å². The van der Waals surface area contributed by atoms with Crippen LogP contribution in [0.3, 0.4) is 0 Å². The molecule has 2 aromatic rings. The molecular weight excluding hydrogens is 294 g/mol. The van der Waals surface area contributed by atoms with Gasteiger partial charge in [0.05, 0.1) is 22.2 Å². The molecule has 2 N–H and O–H groups in total. The maximum atomic E-state index is 11.8. The van der Waals surface area contributed by atoms with Crippen LogP contribution < -0.4 is 10.6 Å². The standard InChI is InChI=1S/C14H12ClN3O3/c15-12-6-1-2-7-13(12)16-9-14(19)17-10-4-3-5-11(8-10)18(20)21/h1-8,16H,9H2,(H,17,19). The number of non-ortho nitro benzene ring substituents is 1. The summed E-state index contributed by atoms with van der Waals surface area (Å²) in [4.78, 5) is 21.9. The Bertz CT molecular complexity index is 676.